The highest BCUT2D eigenvalue weighted by Gasteiger charge is 2.21. The van der Waals surface area contributed by atoms with E-state index in [9.17, 15) is 9.59 Å². The highest BCUT2D eigenvalue weighted by molar-refractivity contribution is 9.10. The second-order valence-electron chi connectivity index (χ2n) is 8.59. The molecule has 0 aliphatic carbocycles. The van der Waals surface area contributed by atoms with Crippen LogP contribution in [0.4, 0.5) is 0 Å². The summed E-state index contributed by atoms with van der Waals surface area (Å²) in [5.74, 6) is 0.952. The lowest BCUT2D eigenvalue weighted by molar-refractivity contribution is -0.150. The lowest BCUT2D eigenvalue weighted by atomic mass is 10.1. The van der Waals surface area contributed by atoms with Crippen LogP contribution in [0.15, 0.2) is 57.4 Å². The molecule has 3 aromatic rings. The molecule has 0 fully saturated rings. The average Bonchev–Trinajstić information content (AvgIpc) is 2.85. The first kappa shape index (κ1) is 28.1. The molecule has 0 radical (unpaired) electrons. The molecule has 0 saturated heterocycles. The smallest absolute Gasteiger partial charge is 0.347 e. The number of aromatic nitrogens is 2. The molecule has 3 rings (SSSR count). The standard InChI is InChI=1S/C28H32BrN3O5/c1-7-10-20-13-19(14-24(35-8-2)25(20)37-18(6)28(34)36-9-3)16-30-32-26(17(4)5)31-23-12-11-21(29)15-22(23)27(32)33/h7,11-18H,1,8-10H2,2-6H3/t18-/m0/s1. The van der Waals surface area contributed by atoms with Gasteiger partial charge >= 0.3 is 5.97 Å². The van der Waals surface area contributed by atoms with E-state index in [0.717, 1.165) is 10.0 Å². The number of rotatable bonds is 11. The SMILES string of the molecule is C=CCc1cc(C=Nn2c(C(C)C)nc3ccc(Br)cc3c2=O)cc(OCC)c1O[C@@H](C)C(=O)OCC. The van der Waals surface area contributed by atoms with Gasteiger partial charge in [0.2, 0.25) is 0 Å². The Morgan fingerprint density at radius 2 is 1.95 bits per heavy atom. The van der Waals surface area contributed by atoms with Gasteiger partial charge in [0.1, 0.15) is 5.82 Å². The first-order valence-corrected chi connectivity index (χ1v) is 13.0. The lowest BCUT2D eigenvalue weighted by Crippen LogP contribution is -2.26. The van der Waals surface area contributed by atoms with Crippen LogP contribution in [-0.4, -0.2) is 41.2 Å². The third-order valence-electron chi connectivity index (χ3n) is 5.40. The van der Waals surface area contributed by atoms with E-state index in [1.807, 2.05) is 39.0 Å². The molecule has 196 valence electrons. The van der Waals surface area contributed by atoms with Crippen LogP contribution in [0.25, 0.3) is 10.9 Å². The van der Waals surface area contributed by atoms with E-state index in [4.69, 9.17) is 14.2 Å². The highest BCUT2D eigenvalue weighted by atomic mass is 79.9. The van der Waals surface area contributed by atoms with E-state index >= 15 is 0 Å². The molecule has 0 aliphatic heterocycles. The van der Waals surface area contributed by atoms with E-state index in [0.29, 0.717) is 46.8 Å². The number of fused-ring (bicyclic) bond motifs is 1. The Labute approximate surface area is 225 Å². The summed E-state index contributed by atoms with van der Waals surface area (Å²) in [5, 5.41) is 5.00. The van der Waals surface area contributed by atoms with Gasteiger partial charge in [-0.3, -0.25) is 4.79 Å². The quantitative estimate of drug-likeness (QED) is 0.169. The minimum Gasteiger partial charge on any atom is -0.490 e. The van der Waals surface area contributed by atoms with Crippen LogP contribution >= 0.6 is 15.9 Å². The fourth-order valence-electron chi connectivity index (χ4n) is 3.72. The largest absolute Gasteiger partial charge is 0.490 e. The maximum absolute atomic E-state index is 13.3. The van der Waals surface area contributed by atoms with Gasteiger partial charge in [0, 0.05) is 16.0 Å². The van der Waals surface area contributed by atoms with E-state index in [2.05, 4.69) is 32.6 Å². The molecule has 0 unspecified atom stereocenters. The molecule has 0 N–H and O–H groups in total. The Morgan fingerprint density at radius 3 is 2.59 bits per heavy atom. The number of allylic oxidation sites excluding steroid dienone is 1. The molecule has 1 aromatic heterocycles. The van der Waals surface area contributed by atoms with Crippen molar-refractivity contribution in [2.75, 3.05) is 13.2 Å². The minimum absolute atomic E-state index is 0.0339. The number of hydrogen-bond acceptors (Lipinski definition) is 7. The molecule has 0 bridgehead atoms. The molecule has 0 amide bonds. The molecule has 1 heterocycles. The Kier molecular flexibility index (Phi) is 9.63. The van der Waals surface area contributed by atoms with Crippen LogP contribution in [-0.2, 0) is 16.0 Å². The van der Waals surface area contributed by atoms with Crippen LogP contribution in [0.5, 0.6) is 11.5 Å². The van der Waals surface area contributed by atoms with E-state index in [1.54, 1.807) is 38.3 Å². The van der Waals surface area contributed by atoms with Crippen LogP contribution in [0.1, 0.15) is 57.5 Å². The average molecular weight is 570 g/mol. The van der Waals surface area contributed by atoms with Gasteiger partial charge in [-0.05, 0) is 63.1 Å². The third kappa shape index (κ3) is 6.65. The first-order chi connectivity index (χ1) is 17.7. The van der Waals surface area contributed by atoms with Crippen molar-refractivity contribution in [2.24, 2.45) is 5.10 Å². The number of ether oxygens (including phenoxy) is 3. The Bertz CT molecular complexity index is 1380. The van der Waals surface area contributed by atoms with Gasteiger partial charge < -0.3 is 14.2 Å². The normalized spacial score (nSPS) is 12.2. The van der Waals surface area contributed by atoms with Crippen molar-refractivity contribution < 1.29 is 19.0 Å². The third-order valence-corrected chi connectivity index (χ3v) is 5.90. The van der Waals surface area contributed by atoms with Crippen molar-refractivity contribution in [3.05, 3.63) is 74.8 Å². The van der Waals surface area contributed by atoms with Gasteiger partial charge in [0.25, 0.3) is 5.56 Å². The fraction of sp³-hybridized carbons (Fsp3) is 0.357. The van der Waals surface area contributed by atoms with Gasteiger partial charge in [-0.15, -0.1) is 6.58 Å². The zero-order valence-electron chi connectivity index (χ0n) is 21.8. The summed E-state index contributed by atoms with van der Waals surface area (Å²) in [6.07, 6.45) is 2.97. The monoisotopic (exact) mass is 569 g/mol. The van der Waals surface area contributed by atoms with Gasteiger partial charge in [-0.2, -0.15) is 9.78 Å². The van der Waals surface area contributed by atoms with E-state index in [-0.39, 0.29) is 18.1 Å². The van der Waals surface area contributed by atoms with Crippen LogP contribution < -0.4 is 15.0 Å². The van der Waals surface area contributed by atoms with Crippen LogP contribution in [0.3, 0.4) is 0 Å². The highest BCUT2D eigenvalue weighted by Crippen LogP contribution is 2.34. The second-order valence-corrected chi connectivity index (χ2v) is 9.51. The molecule has 9 heteroatoms. The maximum Gasteiger partial charge on any atom is 0.347 e. The summed E-state index contributed by atoms with van der Waals surface area (Å²) in [6, 6.07) is 9.04. The topological polar surface area (TPSA) is 92.0 Å². The van der Waals surface area contributed by atoms with Crippen LogP contribution in [0, 0.1) is 0 Å². The van der Waals surface area contributed by atoms with E-state index < -0.39 is 12.1 Å². The number of hydrogen-bond donors (Lipinski definition) is 0. The predicted molar refractivity (Wildman–Crippen MR) is 149 cm³/mol. The summed E-state index contributed by atoms with van der Waals surface area (Å²) in [5.41, 5.74) is 1.81. The zero-order valence-corrected chi connectivity index (χ0v) is 23.4. The number of nitrogens with zero attached hydrogens (tertiary/aromatic N) is 3. The van der Waals surface area contributed by atoms with Crippen molar-refractivity contribution in [3.8, 4) is 11.5 Å². The minimum atomic E-state index is -0.822. The van der Waals surface area contributed by atoms with Gasteiger partial charge in [0.05, 0.1) is 30.3 Å². The summed E-state index contributed by atoms with van der Waals surface area (Å²) >= 11 is 3.42. The molecule has 37 heavy (non-hydrogen) atoms. The molecule has 0 spiro atoms. The van der Waals surface area contributed by atoms with Crippen molar-refractivity contribution in [1.82, 2.24) is 9.66 Å². The second kappa shape index (κ2) is 12.7. The number of halogens is 1. The Hall–Kier alpha value is -3.46. The van der Waals surface area contributed by atoms with E-state index in [1.165, 1.54) is 4.68 Å². The Morgan fingerprint density at radius 1 is 1.19 bits per heavy atom. The fourth-order valence-corrected chi connectivity index (χ4v) is 4.08. The van der Waals surface area contributed by atoms with Gasteiger partial charge in [0.15, 0.2) is 17.6 Å². The van der Waals surface area contributed by atoms with Crippen molar-refractivity contribution in [3.63, 3.8) is 0 Å². The number of benzene rings is 2. The van der Waals surface area contributed by atoms with Crippen molar-refractivity contribution >= 4 is 39.0 Å². The molecule has 1 atom stereocenters. The molecule has 2 aromatic carbocycles. The summed E-state index contributed by atoms with van der Waals surface area (Å²) in [4.78, 5) is 30.2. The molecule has 0 saturated carbocycles. The summed E-state index contributed by atoms with van der Waals surface area (Å²) in [7, 11) is 0. The maximum atomic E-state index is 13.3. The number of carbonyl (C=O) groups excluding carboxylic acids is 1. The van der Waals surface area contributed by atoms with Crippen LogP contribution in [0.2, 0.25) is 0 Å². The lowest BCUT2D eigenvalue weighted by Gasteiger charge is -2.20. The van der Waals surface area contributed by atoms with Crippen molar-refractivity contribution in [2.45, 2.75) is 53.1 Å². The molecule has 0 aliphatic rings. The summed E-state index contributed by atoms with van der Waals surface area (Å²) in [6.45, 7) is 13.6. The number of esters is 1. The summed E-state index contributed by atoms with van der Waals surface area (Å²) < 4.78 is 19.0. The van der Waals surface area contributed by atoms with Gasteiger partial charge in [-0.25, -0.2) is 9.78 Å². The first-order valence-electron chi connectivity index (χ1n) is 12.2. The number of carbonyl (C=O) groups is 1. The molecular weight excluding hydrogens is 538 g/mol. The van der Waals surface area contributed by atoms with Crippen molar-refractivity contribution in [1.29, 1.82) is 0 Å². The molecular formula is C28H32BrN3O5. The molecule has 8 nitrogen and oxygen atoms in total. The predicted octanol–water partition coefficient (Wildman–Crippen LogP) is 5.62. The zero-order chi connectivity index (χ0) is 27.1. The van der Waals surface area contributed by atoms with Gasteiger partial charge in [-0.1, -0.05) is 35.9 Å². The Balaban J connectivity index is 2.11.